The van der Waals surface area contributed by atoms with Crippen molar-refractivity contribution in [3.8, 4) is 22.6 Å². The molecule has 3 aromatic heterocycles. The predicted molar refractivity (Wildman–Crippen MR) is 176 cm³/mol. The summed E-state index contributed by atoms with van der Waals surface area (Å²) >= 11 is 0. The molecule has 0 spiro atoms. The fourth-order valence-corrected chi connectivity index (χ4v) is 6.69. The molecule has 0 fully saturated rings. The molecule has 0 aliphatic heterocycles. The Balaban J connectivity index is 1.43. The maximum atomic E-state index is 4.93. The van der Waals surface area contributed by atoms with Crippen LogP contribution in [-0.4, -0.2) is 14.1 Å². The molecule has 0 saturated carbocycles. The molecular formula is C39H25N3. The minimum Gasteiger partial charge on any atom is -0.309 e. The average molecular weight is 536 g/mol. The minimum atomic E-state index is 0.916. The number of benzene rings is 6. The summed E-state index contributed by atoms with van der Waals surface area (Å²) in [5, 5.41) is 7.40. The Morgan fingerprint density at radius 1 is 0.405 bits per heavy atom. The number of pyridine rings is 1. The topological polar surface area (TPSA) is 22.8 Å². The van der Waals surface area contributed by atoms with E-state index in [2.05, 4.69) is 155 Å². The lowest BCUT2D eigenvalue weighted by Gasteiger charge is -2.12. The normalized spacial score (nSPS) is 11.8. The van der Waals surface area contributed by atoms with Gasteiger partial charge in [0.15, 0.2) is 0 Å². The zero-order valence-electron chi connectivity index (χ0n) is 22.8. The predicted octanol–water partition coefficient (Wildman–Crippen LogP) is 10.1. The first-order valence-electron chi connectivity index (χ1n) is 14.3. The summed E-state index contributed by atoms with van der Waals surface area (Å²) in [4.78, 5) is 4.93. The molecule has 0 N–H and O–H groups in total. The Morgan fingerprint density at radius 3 is 1.86 bits per heavy atom. The number of fused-ring (bicyclic) bond motifs is 8. The highest BCUT2D eigenvalue weighted by Gasteiger charge is 2.19. The van der Waals surface area contributed by atoms with E-state index in [0.717, 1.165) is 22.6 Å². The molecule has 3 heteroatoms. The largest absolute Gasteiger partial charge is 0.309 e. The van der Waals surface area contributed by atoms with Crippen LogP contribution in [0.3, 0.4) is 0 Å². The standard InChI is InChI=1S/C39H25N3/c1-3-11-26(12-4-1)27-21-22-40-38(24-27)42-36-18-10-7-15-30(36)32-20-19-28-23-34-31-16-8-9-17-35(31)41(29-13-5-2-6-14-29)37(34)25-33(28)39(32)42/h1-25H. The van der Waals surface area contributed by atoms with E-state index in [1.54, 1.807) is 0 Å². The van der Waals surface area contributed by atoms with Gasteiger partial charge in [0, 0.05) is 38.8 Å². The number of nitrogens with zero attached hydrogens (tertiary/aromatic N) is 3. The summed E-state index contributed by atoms with van der Waals surface area (Å²) in [5.74, 6) is 0.916. The number of para-hydroxylation sites is 3. The zero-order chi connectivity index (χ0) is 27.6. The molecule has 6 aromatic carbocycles. The zero-order valence-corrected chi connectivity index (χ0v) is 22.8. The van der Waals surface area contributed by atoms with Crippen LogP contribution in [0.15, 0.2) is 152 Å². The second-order valence-corrected chi connectivity index (χ2v) is 10.9. The smallest absolute Gasteiger partial charge is 0.138 e. The van der Waals surface area contributed by atoms with Gasteiger partial charge in [-0.1, -0.05) is 97.1 Å². The molecule has 0 radical (unpaired) electrons. The van der Waals surface area contributed by atoms with E-state index in [1.807, 2.05) is 6.20 Å². The number of hydrogen-bond acceptors (Lipinski definition) is 1. The second kappa shape index (κ2) is 8.92. The summed E-state index contributed by atoms with van der Waals surface area (Å²) < 4.78 is 4.74. The number of hydrogen-bond donors (Lipinski definition) is 0. The van der Waals surface area contributed by atoms with Crippen LogP contribution in [0.25, 0.3) is 77.0 Å². The molecule has 0 atom stereocenters. The molecule has 0 bridgehead atoms. The Kier molecular flexibility index (Phi) is 4.90. The summed E-state index contributed by atoms with van der Waals surface area (Å²) in [6.07, 6.45) is 1.93. The molecule has 0 unspecified atom stereocenters. The number of aromatic nitrogens is 3. The molecule has 0 aliphatic rings. The minimum absolute atomic E-state index is 0.916. The summed E-state index contributed by atoms with van der Waals surface area (Å²) in [6.45, 7) is 0. The lowest BCUT2D eigenvalue weighted by atomic mass is 10.0. The van der Waals surface area contributed by atoms with Crippen molar-refractivity contribution in [2.45, 2.75) is 0 Å². The fraction of sp³-hybridized carbons (Fsp3) is 0. The lowest BCUT2D eigenvalue weighted by Crippen LogP contribution is -1.98. The molecule has 9 aromatic rings. The van der Waals surface area contributed by atoms with Crippen molar-refractivity contribution < 1.29 is 0 Å². The van der Waals surface area contributed by atoms with Crippen molar-refractivity contribution in [2.24, 2.45) is 0 Å². The summed E-state index contributed by atoms with van der Waals surface area (Å²) in [6, 6.07) is 52.2. The van der Waals surface area contributed by atoms with Crippen molar-refractivity contribution >= 4 is 54.4 Å². The fourth-order valence-electron chi connectivity index (χ4n) is 6.69. The third-order valence-electron chi connectivity index (χ3n) is 8.54. The highest BCUT2D eigenvalue weighted by atomic mass is 15.1. The van der Waals surface area contributed by atoms with Crippen LogP contribution in [0.2, 0.25) is 0 Å². The van der Waals surface area contributed by atoms with Crippen LogP contribution in [0.4, 0.5) is 0 Å². The maximum Gasteiger partial charge on any atom is 0.138 e. The van der Waals surface area contributed by atoms with Gasteiger partial charge in [0.05, 0.1) is 22.1 Å². The van der Waals surface area contributed by atoms with E-state index >= 15 is 0 Å². The van der Waals surface area contributed by atoms with Gasteiger partial charge in [-0.3, -0.25) is 4.57 Å². The van der Waals surface area contributed by atoms with Gasteiger partial charge in [0.1, 0.15) is 5.82 Å². The van der Waals surface area contributed by atoms with Gasteiger partial charge >= 0.3 is 0 Å². The van der Waals surface area contributed by atoms with Crippen LogP contribution >= 0.6 is 0 Å². The Hall–Kier alpha value is -5.67. The Labute approximate surface area is 242 Å². The van der Waals surface area contributed by atoms with Crippen molar-refractivity contribution in [1.29, 1.82) is 0 Å². The second-order valence-electron chi connectivity index (χ2n) is 10.9. The van der Waals surface area contributed by atoms with E-state index in [-0.39, 0.29) is 0 Å². The molecule has 3 heterocycles. The van der Waals surface area contributed by atoms with Crippen LogP contribution in [0, 0.1) is 0 Å². The first kappa shape index (κ1) is 23.1. The van der Waals surface area contributed by atoms with Gasteiger partial charge in [-0.05, 0) is 65.0 Å². The molecule has 0 saturated heterocycles. The molecule has 3 nitrogen and oxygen atoms in total. The van der Waals surface area contributed by atoms with Gasteiger partial charge in [-0.15, -0.1) is 0 Å². The van der Waals surface area contributed by atoms with Gasteiger partial charge in [-0.2, -0.15) is 0 Å². The Morgan fingerprint density at radius 2 is 1.07 bits per heavy atom. The van der Waals surface area contributed by atoms with Crippen molar-refractivity contribution in [3.05, 3.63) is 152 Å². The average Bonchev–Trinajstić information content (AvgIpc) is 3.57. The lowest BCUT2D eigenvalue weighted by molar-refractivity contribution is 1.08. The highest BCUT2D eigenvalue weighted by Crippen LogP contribution is 2.40. The van der Waals surface area contributed by atoms with Crippen LogP contribution in [-0.2, 0) is 0 Å². The van der Waals surface area contributed by atoms with Gasteiger partial charge < -0.3 is 4.57 Å². The molecule has 42 heavy (non-hydrogen) atoms. The monoisotopic (exact) mass is 535 g/mol. The van der Waals surface area contributed by atoms with Crippen LogP contribution in [0.1, 0.15) is 0 Å². The number of rotatable bonds is 3. The third-order valence-corrected chi connectivity index (χ3v) is 8.54. The maximum absolute atomic E-state index is 4.93. The molecule has 196 valence electrons. The van der Waals surface area contributed by atoms with Gasteiger partial charge in [0.2, 0.25) is 0 Å². The third kappa shape index (κ3) is 3.31. The Bertz CT molecular complexity index is 2450. The van der Waals surface area contributed by atoms with Crippen molar-refractivity contribution in [1.82, 2.24) is 14.1 Å². The molecule has 0 amide bonds. The van der Waals surface area contributed by atoms with E-state index in [1.165, 1.54) is 54.4 Å². The van der Waals surface area contributed by atoms with Gasteiger partial charge in [0.25, 0.3) is 0 Å². The van der Waals surface area contributed by atoms with Crippen molar-refractivity contribution in [3.63, 3.8) is 0 Å². The highest BCUT2D eigenvalue weighted by molar-refractivity contribution is 6.22. The van der Waals surface area contributed by atoms with E-state index in [9.17, 15) is 0 Å². The molecule has 9 rings (SSSR count). The van der Waals surface area contributed by atoms with Crippen LogP contribution in [0.5, 0.6) is 0 Å². The van der Waals surface area contributed by atoms with Crippen LogP contribution < -0.4 is 0 Å². The first-order valence-corrected chi connectivity index (χ1v) is 14.3. The van der Waals surface area contributed by atoms with E-state index < -0.39 is 0 Å². The van der Waals surface area contributed by atoms with Crippen molar-refractivity contribution in [2.75, 3.05) is 0 Å². The van der Waals surface area contributed by atoms with E-state index in [0.29, 0.717) is 0 Å². The van der Waals surface area contributed by atoms with Gasteiger partial charge in [-0.25, -0.2) is 4.98 Å². The summed E-state index contributed by atoms with van der Waals surface area (Å²) in [7, 11) is 0. The molecular weight excluding hydrogens is 510 g/mol. The SMILES string of the molecule is c1ccc(-c2ccnc(-n3c4ccccc4c4ccc5cc6c7ccccc7n(-c7ccccc7)c6cc5c43)c2)cc1. The van der Waals surface area contributed by atoms with E-state index in [4.69, 9.17) is 4.98 Å². The quantitative estimate of drug-likeness (QED) is 0.221. The molecule has 0 aliphatic carbocycles. The summed E-state index contributed by atoms with van der Waals surface area (Å²) in [5.41, 5.74) is 8.24. The first-order chi connectivity index (χ1) is 20.8.